The van der Waals surface area contributed by atoms with Crippen molar-refractivity contribution in [2.45, 2.75) is 26.3 Å². The van der Waals surface area contributed by atoms with E-state index in [9.17, 15) is 4.79 Å². The highest BCUT2D eigenvalue weighted by atomic mass is 16.5. The van der Waals surface area contributed by atoms with E-state index in [1.54, 1.807) is 11.0 Å². The Balaban J connectivity index is 2.25. The number of nitrogens with two attached hydrogens (primary N) is 1. The average Bonchev–Trinajstić information content (AvgIpc) is 2.85. The van der Waals surface area contributed by atoms with E-state index in [-0.39, 0.29) is 11.9 Å². The third-order valence-corrected chi connectivity index (χ3v) is 3.62. The van der Waals surface area contributed by atoms with Gasteiger partial charge in [-0.3, -0.25) is 4.79 Å². The second kappa shape index (κ2) is 4.98. The van der Waals surface area contributed by atoms with Crippen LogP contribution in [0.15, 0.2) is 12.1 Å². The van der Waals surface area contributed by atoms with Crippen LogP contribution in [0.3, 0.4) is 0 Å². The highest BCUT2D eigenvalue weighted by Gasteiger charge is 2.25. The molecule has 0 aromatic heterocycles. The Bertz CT molecular complexity index is 465. The van der Waals surface area contributed by atoms with E-state index >= 15 is 0 Å². The summed E-state index contributed by atoms with van der Waals surface area (Å²) in [6.07, 6.45) is 0.905. The summed E-state index contributed by atoms with van der Waals surface area (Å²) in [5.74, 6) is 0.0229. The molecule has 0 bridgehead atoms. The van der Waals surface area contributed by atoms with Gasteiger partial charge in [-0.1, -0.05) is 6.07 Å². The van der Waals surface area contributed by atoms with Crippen molar-refractivity contribution in [1.29, 1.82) is 0 Å². The molecule has 1 heterocycles. The average molecular weight is 248 g/mol. The molecule has 1 saturated heterocycles. The van der Waals surface area contributed by atoms with Crippen molar-refractivity contribution in [2.75, 3.05) is 26.0 Å². The van der Waals surface area contributed by atoms with Crippen molar-refractivity contribution in [3.8, 4) is 0 Å². The van der Waals surface area contributed by atoms with E-state index in [1.807, 2.05) is 27.0 Å². The fraction of sp³-hybridized carbons (Fsp3) is 0.500. The molecule has 4 heteroatoms. The summed E-state index contributed by atoms with van der Waals surface area (Å²) >= 11 is 0. The van der Waals surface area contributed by atoms with Crippen LogP contribution in [0.5, 0.6) is 0 Å². The van der Waals surface area contributed by atoms with Gasteiger partial charge in [-0.05, 0) is 37.5 Å². The summed E-state index contributed by atoms with van der Waals surface area (Å²) in [5, 5.41) is 0. The molecule has 0 spiro atoms. The zero-order valence-corrected chi connectivity index (χ0v) is 11.2. The molecule has 0 aliphatic carbocycles. The van der Waals surface area contributed by atoms with Gasteiger partial charge in [-0.15, -0.1) is 0 Å². The van der Waals surface area contributed by atoms with E-state index in [2.05, 4.69) is 0 Å². The van der Waals surface area contributed by atoms with Crippen LogP contribution in [0.4, 0.5) is 5.69 Å². The lowest BCUT2D eigenvalue weighted by atomic mass is 10.0. The largest absolute Gasteiger partial charge is 0.398 e. The minimum absolute atomic E-state index is 0.0229. The standard InChI is InChI=1S/C14H20N2O2/c1-9-6-10(2)13(15)7-12(9)14(17)16(3)11-4-5-18-8-11/h6-7,11H,4-5,8,15H2,1-3H3. The Hall–Kier alpha value is -1.55. The number of ether oxygens (including phenoxy) is 1. The number of likely N-dealkylation sites (N-methyl/N-ethyl adjacent to an activating group) is 1. The molecule has 1 atom stereocenters. The topological polar surface area (TPSA) is 55.6 Å². The number of carbonyl (C=O) groups excluding carboxylic acids is 1. The van der Waals surface area contributed by atoms with Gasteiger partial charge in [-0.25, -0.2) is 0 Å². The van der Waals surface area contributed by atoms with Gasteiger partial charge in [0.15, 0.2) is 0 Å². The van der Waals surface area contributed by atoms with Crippen molar-refractivity contribution in [1.82, 2.24) is 4.90 Å². The summed E-state index contributed by atoms with van der Waals surface area (Å²) in [5.41, 5.74) is 9.22. The molecule has 1 unspecified atom stereocenters. The van der Waals surface area contributed by atoms with Crippen LogP contribution in [0, 0.1) is 13.8 Å². The van der Waals surface area contributed by atoms with E-state index < -0.39 is 0 Å². The monoisotopic (exact) mass is 248 g/mol. The van der Waals surface area contributed by atoms with Crippen LogP contribution in [0.2, 0.25) is 0 Å². The molecular formula is C14H20N2O2. The molecule has 18 heavy (non-hydrogen) atoms. The first-order valence-electron chi connectivity index (χ1n) is 6.22. The lowest BCUT2D eigenvalue weighted by Crippen LogP contribution is -2.37. The number of nitrogens with zero attached hydrogens (tertiary/aromatic N) is 1. The summed E-state index contributed by atoms with van der Waals surface area (Å²) in [6, 6.07) is 3.92. The lowest BCUT2D eigenvalue weighted by molar-refractivity contribution is 0.0710. The molecule has 1 amide bonds. The maximum absolute atomic E-state index is 12.4. The highest BCUT2D eigenvalue weighted by molar-refractivity contribution is 5.96. The van der Waals surface area contributed by atoms with Crippen molar-refractivity contribution in [3.63, 3.8) is 0 Å². The van der Waals surface area contributed by atoms with E-state index in [1.165, 1.54) is 0 Å². The third kappa shape index (κ3) is 2.34. The maximum atomic E-state index is 12.4. The first kappa shape index (κ1) is 12.9. The predicted molar refractivity (Wildman–Crippen MR) is 71.6 cm³/mol. The number of benzene rings is 1. The van der Waals surface area contributed by atoms with Crippen molar-refractivity contribution in [2.24, 2.45) is 0 Å². The van der Waals surface area contributed by atoms with Crippen LogP contribution >= 0.6 is 0 Å². The van der Waals surface area contributed by atoms with Gasteiger partial charge in [0.25, 0.3) is 5.91 Å². The van der Waals surface area contributed by atoms with Crippen LogP contribution in [-0.2, 0) is 4.74 Å². The molecule has 98 valence electrons. The van der Waals surface area contributed by atoms with Gasteiger partial charge in [0.05, 0.1) is 12.6 Å². The van der Waals surface area contributed by atoms with Crippen molar-refractivity contribution >= 4 is 11.6 Å². The first-order valence-corrected chi connectivity index (χ1v) is 6.22. The lowest BCUT2D eigenvalue weighted by Gasteiger charge is -2.24. The van der Waals surface area contributed by atoms with E-state index in [4.69, 9.17) is 10.5 Å². The fourth-order valence-corrected chi connectivity index (χ4v) is 2.28. The molecule has 1 aliphatic heterocycles. The molecule has 2 rings (SSSR count). The van der Waals surface area contributed by atoms with Crippen LogP contribution in [0.25, 0.3) is 0 Å². The second-order valence-electron chi connectivity index (χ2n) is 4.96. The summed E-state index contributed by atoms with van der Waals surface area (Å²) in [7, 11) is 1.83. The molecular weight excluding hydrogens is 228 g/mol. The van der Waals surface area contributed by atoms with Crippen molar-refractivity contribution < 1.29 is 9.53 Å². The Morgan fingerprint density at radius 3 is 2.72 bits per heavy atom. The smallest absolute Gasteiger partial charge is 0.254 e. The highest BCUT2D eigenvalue weighted by Crippen LogP contribution is 2.21. The van der Waals surface area contributed by atoms with E-state index in [0.29, 0.717) is 17.9 Å². The SMILES string of the molecule is Cc1cc(C)c(C(=O)N(C)C2CCOC2)cc1N. The van der Waals surface area contributed by atoms with Crippen LogP contribution in [0.1, 0.15) is 27.9 Å². The van der Waals surface area contributed by atoms with Crippen LogP contribution < -0.4 is 5.73 Å². The first-order chi connectivity index (χ1) is 8.50. The molecule has 0 saturated carbocycles. The summed E-state index contributed by atoms with van der Waals surface area (Å²) in [4.78, 5) is 14.2. The Kier molecular flexibility index (Phi) is 3.57. The quantitative estimate of drug-likeness (QED) is 0.811. The number of hydrogen-bond acceptors (Lipinski definition) is 3. The number of anilines is 1. The number of nitrogen functional groups attached to an aromatic ring is 1. The number of hydrogen-bond donors (Lipinski definition) is 1. The zero-order chi connectivity index (χ0) is 13.3. The van der Waals surface area contributed by atoms with Gasteiger partial charge in [0.2, 0.25) is 0 Å². The Labute approximate surface area is 108 Å². The van der Waals surface area contributed by atoms with Crippen molar-refractivity contribution in [3.05, 3.63) is 28.8 Å². The number of rotatable bonds is 2. The minimum atomic E-state index is 0.0229. The molecule has 2 N–H and O–H groups in total. The summed E-state index contributed by atoms with van der Waals surface area (Å²) in [6.45, 7) is 5.25. The zero-order valence-electron chi connectivity index (χ0n) is 11.2. The molecule has 1 aromatic carbocycles. The summed E-state index contributed by atoms with van der Waals surface area (Å²) < 4.78 is 5.32. The maximum Gasteiger partial charge on any atom is 0.254 e. The normalized spacial score (nSPS) is 18.9. The van der Waals surface area contributed by atoms with Crippen LogP contribution in [-0.4, -0.2) is 37.1 Å². The minimum Gasteiger partial charge on any atom is -0.398 e. The Morgan fingerprint density at radius 2 is 2.11 bits per heavy atom. The van der Waals surface area contributed by atoms with Gasteiger partial charge >= 0.3 is 0 Å². The van der Waals surface area contributed by atoms with Gasteiger partial charge < -0.3 is 15.4 Å². The molecule has 4 nitrogen and oxygen atoms in total. The molecule has 1 fully saturated rings. The number of carbonyl (C=O) groups is 1. The molecule has 0 radical (unpaired) electrons. The Morgan fingerprint density at radius 1 is 1.39 bits per heavy atom. The van der Waals surface area contributed by atoms with Gasteiger partial charge in [0, 0.05) is 24.9 Å². The number of aryl methyl sites for hydroxylation is 2. The van der Waals surface area contributed by atoms with Gasteiger partial charge in [0.1, 0.15) is 0 Å². The third-order valence-electron chi connectivity index (χ3n) is 3.62. The predicted octanol–water partition coefficient (Wildman–Crippen LogP) is 1.75. The fourth-order valence-electron chi connectivity index (χ4n) is 2.28. The molecule has 1 aliphatic rings. The molecule has 1 aromatic rings. The number of amides is 1. The second-order valence-corrected chi connectivity index (χ2v) is 4.96. The van der Waals surface area contributed by atoms with E-state index in [0.717, 1.165) is 24.2 Å². The van der Waals surface area contributed by atoms with Gasteiger partial charge in [-0.2, -0.15) is 0 Å².